The molecule has 2 aromatic rings. The van der Waals surface area contributed by atoms with Crippen molar-refractivity contribution < 1.29 is 19.4 Å². The maximum Gasteiger partial charge on any atom is 0.354 e. The van der Waals surface area contributed by atoms with E-state index >= 15 is 0 Å². The number of aryl methyl sites for hydroxylation is 1. The fraction of sp³-hybridized carbons (Fsp3) is 0.286. The Morgan fingerprint density at radius 2 is 2.05 bits per heavy atom. The number of ether oxygens (including phenoxy) is 2. The molecule has 0 fully saturated rings. The molecule has 1 aromatic carbocycles. The van der Waals surface area contributed by atoms with Crippen molar-refractivity contribution in [3.05, 3.63) is 30.0 Å². The van der Waals surface area contributed by atoms with Gasteiger partial charge >= 0.3 is 5.97 Å². The summed E-state index contributed by atoms with van der Waals surface area (Å²) in [6.45, 7) is 2.33. The van der Waals surface area contributed by atoms with Crippen LogP contribution in [0.15, 0.2) is 24.3 Å². The van der Waals surface area contributed by atoms with Crippen LogP contribution in [0.2, 0.25) is 0 Å². The average Bonchev–Trinajstić information content (AvgIpc) is 2.90. The smallest absolute Gasteiger partial charge is 0.354 e. The number of aromatic carboxylic acids is 1. The lowest BCUT2D eigenvalue weighted by molar-refractivity contribution is 0.0683. The van der Waals surface area contributed by atoms with E-state index in [-0.39, 0.29) is 5.69 Å². The van der Waals surface area contributed by atoms with Crippen molar-refractivity contribution in [2.24, 2.45) is 0 Å². The Hall–Kier alpha value is -2.50. The van der Waals surface area contributed by atoms with E-state index in [1.54, 1.807) is 32.4 Å². The Bertz CT molecular complexity index is 634. The van der Waals surface area contributed by atoms with E-state index in [4.69, 9.17) is 14.6 Å². The van der Waals surface area contributed by atoms with Gasteiger partial charge in [-0.25, -0.2) is 4.79 Å². The molecule has 106 valence electrons. The zero-order chi connectivity index (χ0) is 14.7. The van der Waals surface area contributed by atoms with E-state index in [1.807, 2.05) is 6.92 Å². The Kier molecular flexibility index (Phi) is 3.93. The zero-order valence-corrected chi connectivity index (χ0v) is 11.6. The van der Waals surface area contributed by atoms with E-state index in [0.717, 1.165) is 5.56 Å². The summed E-state index contributed by atoms with van der Waals surface area (Å²) in [4.78, 5) is 11.2. The molecule has 0 aliphatic carbocycles. The van der Waals surface area contributed by atoms with Crippen LogP contribution >= 0.6 is 0 Å². The van der Waals surface area contributed by atoms with Gasteiger partial charge in [-0.3, -0.25) is 4.68 Å². The molecule has 1 aromatic heterocycles. The molecule has 6 heteroatoms. The molecule has 0 amide bonds. The number of benzene rings is 1. The summed E-state index contributed by atoms with van der Waals surface area (Å²) in [6.07, 6.45) is 0. The number of carboxylic acid groups (broad SMARTS) is 1. The second-order valence-corrected chi connectivity index (χ2v) is 4.10. The Labute approximate surface area is 116 Å². The third-order valence-electron chi connectivity index (χ3n) is 2.98. The van der Waals surface area contributed by atoms with Gasteiger partial charge in [0, 0.05) is 18.2 Å². The Morgan fingerprint density at radius 1 is 1.30 bits per heavy atom. The monoisotopic (exact) mass is 276 g/mol. The van der Waals surface area contributed by atoms with Crippen LogP contribution in [0, 0.1) is 0 Å². The fourth-order valence-corrected chi connectivity index (χ4v) is 1.97. The van der Waals surface area contributed by atoms with Gasteiger partial charge in [0.2, 0.25) is 0 Å². The van der Waals surface area contributed by atoms with Gasteiger partial charge in [-0.1, -0.05) is 0 Å². The number of rotatable bonds is 5. The van der Waals surface area contributed by atoms with Crippen LogP contribution in [-0.4, -0.2) is 35.1 Å². The standard InChI is InChI=1S/C14H16N2O4/c1-4-16-12(14(17)18)8-11(15-16)10-6-5-9(19-2)7-13(10)20-3/h5-8H,4H2,1-3H3,(H,17,18). The predicted molar refractivity (Wildman–Crippen MR) is 73.4 cm³/mol. The topological polar surface area (TPSA) is 73.6 Å². The van der Waals surface area contributed by atoms with Crippen molar-refractivity contribution >= 4 is 5.97 Å². The van der Waals surface area contributed by atoms with Gasteiger partial charge in [-0.15, -0.1) is 0 Å². The van der Waals surface area contributed by atoms with Crippen molar-refractivity contribution in [1.82, 2.24) is 9.78 Å². The molecule has 0 atom stereocenters. The molecule has 0 aliphatic heterocycles. The third-order valence-corrected chi connectivity index (χ3v) is 2.98. The quantitative estimate of drug-likeness (QED) is 0.907. The maximum absolute atomic E-state index is 11.2. The van der Waals surface area contributed by atoms with Gasteiger partial charge in [0.05, 0.1) is 19.9 Å². The number of hydrogen-bond donors (Lipinski definition) is 1. The summed E-state index contributed by atoms with van der Waals surface area (Å²) in [7, 11) is 3.12. The number of nitrogens with zero attached hydrogens (tertiary/aromatic N) is 2. The summed E-state index contributed by atoms with van der Waals surface area (Å²) < 4.78 is 11.9. The average molecular weight is 276 g/mol. The molecular formula is C14H16N2O4. The zero-order valence-electron chi connectivity index (χ0n) is 11.6. The van der Waals surface area contributed by atoms with Gasteiger partial charge < -0.3 is 14.6 Å². The molecule has 0 unspecified atom stereocenters. The molecule has 0 saturated heterocycles. The van der Waals surface area contributed by atoms with Crippen LogP contribution in [0.25, 0.3) is 11.3 Å². The number of hydrogen-bond acceptors (Lipinski definition) is 4. The summed E-state index contributed by atoms with van der Waals surface area (Å²) in [5.74, 6) is 0.249. The van der Waals surface area contributed by atoms with E-state index < -0.39 is 5.97 Å². The van der Waals surface area contributed by atoms with Crippen molar-refractivity contribution in [3.63, 3.8) is 0 Å². The molecule has 1 heterocycles. The summed E-state index contributed by atoms with van der Waals surface area (Å²) in [6, 6.07) is 6.85. The van der Waals surface area contributed by atoms with Crippen LogP contribution < -0.4 is 9.47 Å². The highest BCUT2D eigenvalue weighted by Crippen LogP contribution is 2.32. The van der Waals surface area contributed by atoms with Gasteiger partial charge in [0.15, 0.2) is 0 Å². The van der Waals surface area contributed by atoms with Crippen LogP contribution in [0.4, 0.5) is 0 Å². The second-order valence-electron chi connectivity index (χ2n) is 4.10. The highest BCUT2D eigenvalue weighted by Gasteiger charge is 2.17. The number of carboxylic acids is 1. The summed E-state index contributed by atoms with van der Waals surface area (Å²) in [5.41, 5.74) is 1.44. The van der Waals surface area contributed by atoms with Crippen LogP contribution in [-0.2, 0) is 6.54 Å². The Balaban J connectivity index is 2.53. The van der Waals surface area contributed by atoms with Gasteiger partial charge in [-0.2, -0.15) is 5.10 Å². The molecule has 0 saturated carbocycles. The van der Waals surface area contributed by atoms with E-state index in [0.29, 0.717) is 23.7 Å². The minimum absolute atomic E-state index is 0.153. The van der Waals surface area contributed by atoms with Crippen molar-refractivity contribution in [1.29, 1.82) is 0 Å². The third kappa shape index (κ3) is 2.45. The SMILES string of the molecule is CCn1nc(-c2ccc(OC)cc2OC)cc1C(=O)O. The number of methoxy groups -OCH3 is 2. The first-order valence-electron chi connectivity index (χ1n) is 6.14. The maximum atomic E-state index is 11.2. The van der Waals surface area contributed by atoms with Crippen molar-refractivity contribution in [2.45, 2.75) is 13.5 Å². The normalized spacial score (nSPS) is 10.3. The molecule has 0 spiro atoms. The lowest BCUT2D eigenvalue weighted by Gasteiger charge is -2.08. The molecule has 1 N–H and O–H groups in total. The lowest BCUT2D eigenvalue weighted by atomic mass is 10.1. The van der Waals surface area contributed by atoms with Gasteiger partial charge in [-0.05, 0) is 25.1 Å². The minimum Gasteiger partial charge on any atom is -0.497 e. The van der Waals surface area contributed by atoms with E-state index in [2.05, 4.69) is 5.10 Å². The summed E-state index contributed by atoms with van der Waals surface area (Å²) >= 11 is 0. The van der Waals surface area contributed by atoms with E-state index in [1.165, 1.54) is 10.7 Å². The molecule has 6 nitrogen and oxygen atoms in total. The first kappa shape index (κ1) is 13.9. The molecule has 0 radical (unpaired) electrons. The molecule has 0 bridgehead atoms. The van der Waals surface area contributed by atoms with Crippen molar-refractivity contribution in [3.8, 4) is 22.8 Å². The van der Waals surface area contributed by atoms with Crippen LogP contribution in [0.3, 0.4) is 0 Å². The molecule has 2 rings (SSSR count). The Morgan fingerprint density at radius 3 is 2.55 bits per heavy atom. The summed E-state index contributed by atoms with van der Waals surface area (Å²) in [5, 5.41) is 13.5. The second kappa shape index (κ2) is 5.64. The first-order valence-corrected chi connectivity index (χ1v) is 6.14. The largest absolute Gasteiger partial charge is 0.497 e. The number of aromatic nitrogens is 2. The number of carbonyl (C=O) groups is 1. The van der Waals surface area contributed by atoms with Crippen LogP contribution in [0.5, 0.6) is 11.5 Å². The fourth-order valence-electron chi connectivity index (χ4n) is 1.97. The molecule has 0 aliphatic rings. The van der Waals surface area contributed by atoms with Crippen LogP contribution in [0.1, 0.15) is 17.4 Å². The van der Waals surface area contributed by atoms with E-state index in [9.17, 15) is 4.79 Å². The molecule has 20 heavy (non-hydrogen) atoms. The predicted octanol–water partition coefficient (Wildman–Crippen LogP) is 2.29. The molecular weight excluding hydrogens is 260 g/mol. The first-order chi connectivity index (χ1) is 9.60. The van der Waals surface area contributed by atoms with Gasteiger partial charge in [0.25, 0.3) is 0 Å². The van der Waals surface area contributed by atoms with Gasteiger partial charge in [0.1, 0.15) is 17.2 Å². The lowest BCUT2D eigenvalue weighted by Crippen LogP contribution is -2.08. The highest BCUT2D eigenvalue weighted by molar-refractivity contribution is 5.87. The highest BCUT2D eigenvalue weighted by atomic mass is 16.5. The van der Waals surface area contributed by atoms with Crippen molar-refractivity contribution in [2.75, 3.05) is 14.2 Å². The minimum atomic E-state index is -1.00.